The molecule has 5 heteroatoms. The smallest absolute Gasteiger partial charge is 0.129 e. The largest absolute Gasteiger partial charge is 0.300 e. The minimum atomic E-state index is -0.307. The van der Waals surface area contributed by atoms with Crippen LogP contribution in [0.3, 0.4) is 0 Å². The highest BCUT2D eigenvalue weighted by Gasteiger charge is 2.06. The molecule has 2 N–H and O–H groups in total. The van der Waals surface area contributed by atoms with Gasteiger partial charge in [-0.1, -0.05) is 0 Å². The molecule has 0 aliphatic heterocycles. The summed E-state index contributed by atoms with van der Waals surface area (Å²) < 4.78 is 0. The molecule has 0 bridgehead atoms. The molecule has 0 radical (unpaired) electrons. The molecule has 0 saturated heterocycles. The SMILES string of the molecule is CC(=O)CCC[C@@H](C)ON(O)O. The van der Waals surface area contributed by atoms with Crippen molar-refractivity contribution in [3.8, 4) is 0 Å². The van der Waals surface area contributed by atoms with Crippen molar-refractivity contribution < 1.29 is 20.0 Å². The molecule has 0 aliphatic carbocycles. The van der Waals surface area contributed by atoms with Crippen molar-refractivity contribution in [3.63, 3.8) is 0 Å². The van der Waals surface area contributed by atoms with Crippen molar-refractivity contribution >= 4 is 5.78 Å². The molecule has 0 spiro atoms. The lowest BCUT2D eigenvalue weighted by atomic mass is 10.1. The number of rotatable bonds is 6. The maximum atomic E-state index is 10.5. The highest BCUT2D eigenvalue weighted by molar-refractivity contribution is 5.75. The van der Waals surface area contributed by atoms with Crippen molar-refractivity contribution in [3.05, 3.63) is 0 Å². The normalized spacial score (nSPS) is 13.4. The fourth-order valence-corrected chi connectivity index (χ4v) is 0.852. The van der Waals surface area contributed by atoms with Gasteiger partial charge in [0, 0.05) is 6.42 Å². The maximum Gasteiger partial charge on any atom is 0.129 e. The molecule has 0 saturated carbocycles. The zero-order valence-electron chi connectivity index (χ0n) is 7.36. The monoisotopic (exact) mass is 177 g/mol. The highest BCUT2D eigenvalue weighted by Crippen LogP contribution is 2.04. The Balaban J connectivity index is 3.31. The van der Waals surface area contributed by atoms with Gasteiger partial charge in [-0.05, 0) is 26.7 Å². The van der Waals surface area contributed by atoms with Crippen LogP contribution in [-0.4, -0.2) is 27.7 Å². The van der Waals surface area contributed by atoms with Gasteiger partial charge in [-0.15, -0.1) is 0 Å². The molecule has 0 heterocycles. The molecule has 72 valence electrons. The molecule has 0 amide bonds. The second-order valence-electron chi connectivity index (χ2n) is 2.76. The van der Waals surface area contributed by atoms with Crippen LogP contribution in [0.2, 0.25) is 0 Å². The van der Waals surface area contributed by atoms with Gasteiger partial charge in [0.05, 0.1) is 11.5 Å². The lowest BCUT2D eigenvalue weighted by molar-refractivity contribution is -0.503. The lowest BCUT2D eigenvalue weighted by Crippen LogP contribution is -2.21. The van der Waals surface area contributed by atoms with Gasteiger partial charge >= 0.3 is 0 Å². The van der Waals surface area contributed by atoms with Crippen LogP contribution in [0.15, 0.2) is 0 Å². The van der Waals surface area contributed by atoms with E-state index >= 15 is 0 Å². The summed E-state index contributed by atoms with van der Waals surface area (Å²) in [5.41, 5.74) is 0. The summed E-state index contributed by atoms with van der Waals surface area (Å²) in [6.07, 6.45) is 1.53. The molecule has 0 aromatic rings. The average molecular weight is 177 g/mol. The van der Waals surface area contributed by atoms with Crippen molar-refractivity contribution in [2.24, 2.45) is 0 Å². The maximum absolute atomic E-state index is 10.5. The van der Waals surface area contributed by atoms with E-state index in [1.54, 1.807) is 6.92 Å². The van der Waals surface area contributed by atoms with E-state index in [2.05, 4.69) is 4.84 Å². The molecule has 0 aromatic carbocycles. The summed E-state index contributed by atoms with van der Waals surface area (Å²) in [6.45, 7) is 3.22. The fraction of sp³-hybridized carbons (Fsp3) is 0.857. The van der Waals surface area contributed by atoms with Crippen LogP contribution in [0.1, 0.15) is 33.1 Å². The van der Waals surface area contributed by atoms with Crippen molar-refractivity contribution in [2.45, 2.75) is 39.2 Å². The standard InChI is InChI=1S/C7H15NO4/c1-6(9)4-3-5-7(2)12-8(10)11/h7,10-11H,3-5H2,1-2H3/t7-/m1/s1. The van der Waals surface area contributed by atoms with Crippen molar-refractivity contribution in [1.29, 1.82) is 0 Å². The zero-order valence-corrected chi connectivity index (χ0v) is 7.36. The number of nitrogens with zero attached hydrogens (tertiary/aromatic N) is 1. The Hall–Kier alpha value is -0.490. The molecule has 0 fully saturated rings. The minimum absolute atomic E-state index is 0.132. The molecule has 5 nitrogen and oxygen atoms in total. The summed E-state index contributed by atoms with van der Waals surface area (Å²) in [4.78, 5) is 15.0. The summed E-state index contributed by atoms with van der Waals surface area (Å²) in [5.74, 6) is 0.132. The molecule has 0 unspecified atom stereocenters. The summed E-state index contributed by atoms with van der Waals surface area (Å²) in [5, 5.41) is 16.2. The number of hydrogen-bond acceptors (Lipinski definition) is 5. The Kier molecular flexibility index (Phi) is 5.83. The van der Waals surface area contributed by atoms with Gasteiger partial charge in [-0.2, -0.15) is 0 Å². The van der Waals surface area contributed by atoms with Gasteiger partial charge < -0.3 is 4.79 Å². The molecule has 12 heavy (non-hydrogen) atoms. The van der Waals surface area contributed by atoms with Crippen LogP contribution in [0.25, 0.3) is 0 Å². The van der Waals surface area contributed by atoms with E-state index in [9.17, 15) is 4.79 Å². The minimum Gasteiger partial charge on any atom is -0.300 e. The third-order valence-corrected chi connectivity index (χ3v) is 1.41. The quantitative estimate of drug-likeness (QED) is 0.595. The van der Waals surface area contributed by atoms with Crippen LogP contribution in [0.5, 0.6) is 0 Å². The molecular weight excluding hydrogens is 162 g/mol. The van der Waals surface area contributed by atoms with Gasteiger partial charge in [0.2, 0.25) is 0 Å². The van der Waals surface area contributed by atoms with E-state index < -0.39 is 0 Å². The number of carbonyl (C=O) groups excluding carboxylic acids is 1. The topological polar surface area (TPSA) is 70.0 Å². The summed E-state index contributed by atoms with van der Waals surface area (Å²) >= 11 is 0. The Morgan fingerprint density at radius 3 is 2.58 bits per heavy atom. The van der Waals surface area contributed by atoms with E-state index in [4.69, 9.17) is 10.4 Å². The van der Waals surface area contributed by atoms with Crippen molar-refractivity contribution in [2.75, 3.05) is 0 Å². The Morgan fingerprint density at radius 2 is 2.17 bits per heavy atom. The first-order valence-electron chi connectivity index (χ1n) is 3.86. The van der Waals surface area contributed by atoms with Gasteiger partial charge in [0.25, 0.3) is 0 Å². The van der Waals surface area contributed by atoms with Gasteiger partial charge in [0.1, 0.15) is 5.78 Å². The number of Topliss-reactive ketones (excluding diaryl/α,β-unsaturated/α-hetero) is 1. The Bertz CT molecular complexity index is 137. The van der Waals surface area contributed by atoms with Crippen LogP contribution < -0.4 is 0 Å². The molecule has 0 aromatic heterocycles. The van der Waals surface area contributed by atoms with Crippen LogP contribution in [0.4, 0.5) is 0 Å². The van der Waals surface area contributed by atoms with Crippen LogP contribution in [0, 0.1) is 0 Å². The highest BCUT2D eigenvalue weighted by atomic mass is 17.1. The van der Waals surface area contributed by atoms with E-state index in [0.717, 1.165) is 0 Å². The number of hydrogen-bond donors (Lipinski definition) is 2. The summed E-state index contributed by atoms with van der Waals surface area (Å²) in [7, 11) is 0. The zero-order chi connectivity index (χ0) is 9.56. The number of ketones is 1. The van der Waals surface area contributed by atoms with E-state index in [-0.39, 0.29) is 17.3 Å². The Labute approximate surface area is 71.4 Å². The Morgan fingerprint density at radius 1 is 1.58 bits per heavy atom. The third kappa shape index (κ3) is 7.62. The van der Waals surface area contributed by atoms with E-state index in [0.29, 0.717) is 19.3 Å². The molecular formula is C7H15NO4. The molecule has 0 rings (SSSR count). The molecule has 1 atom stereocenters. The van der Waals surface area contributed by atoms with Crippen molar-refractivity contribution in [1.82, 2.24) is 5.39 Å². The van der Waals surface area contributed by atoms with Gasteiger partial charge in [-0.3, -0.25) is 10.4 Å². The first kappa shape index (κ1) is 11.5. The predicted octanol–water partition coefficient (Wildman–Crippen LogP) is 1.15. The predicted molar refractivity (Wildman–Crippen MR) is 40.5 cm³/mol. The lowest BCUT2D eigenvalue weighted by Gasteiger charge is -2.13. The second kappa shape index (κ2) is 6.07. The van der Waals surface area contributed by atoms with E-state index in [1.807, 2.05) is 0 Å². The van der Waals surface area contributed by atoms with Gasteiger partial charge in [0.15, 0.2) is 0 Å². The van der Waals surface area contributed by atoms with Gasteiger partial charge in [-0.25, -0.2) is 4.84 Å². The third-order valence-electron chi connectivity index (χ3n) is 1.41. The molecule has 0 aliphatic rings. The number of carbonyl (C=O) groups is 1. The van der Waals surface area contributed by atoms with Crippen LogP contribution in [-0.2, 0) is 9.63 Å². The fourth-order valence-electron chi connectivity index (χ4n) is 0.852. The first-order chi connectivity index (χ1) is 5.52. The second-order valence-corrected chi connectivity index (χ2v) is 2.76. The first-order valence-corrected chi connectivity index (χ1v) is 3.86. The summed E-state index contributed by atoms with van der Waals surface area (Å²) in [6, 6.07) is 0. The van der Waals surface area contributed by atoms with E-state index in [1.165, 1.54) is 6.92 Å². The van der Waals surface area contributed by atoms with Crippen LogP contribution >= 0.6 is 0 Å². The average Bonchev–Trinajstić information content (AvgIpc) is 1.84.